The molecule has 120 valence electrons. The number of ketones is 1. The molecule has 0 radical (unpaired) electrons. The van der Waals surface area contributed by atoms with Crippen molar-refractivity contribution < 1.29 is 18.0 Å². The van der Waals surface area contributed by atoms with Crippen LogP contribution in [0.25, 0.3) is 0 Å². The molecule has 0 aliphatic rings. The Morgan fingerprint density at radius 3 is 2.09 bits per heavy atom. The highest BCUT2D eigenvalue weighted by atomic mass is 32.2. The summed E-state index contributed by atoms with van der Waals surface area (Å²) in [6.45, 7) is 2.76. The van der Waals surface area contributed by atoms with E-state index in [4.69, 9.17) is 0 Å². The minimum absolute atomic E-state index is 0.0103. The molecule has 2 aromatic rings. The standard InChI is InChI=1S/C16H16N2O4S/c1-11(19)13-4-3-5-16(10-13)23(21,22)18-15-8-6-14(7-9-15)17-12(2)20/h3-10,18H,1-2H3,(H,17,20). The molecule has 0 unspecified atom stereocenters. The van der Waals surface area contributed by atoms with Crippen molar-refractivity contribution in [2.45, 2.75) is 18.7 Å². The molecule has 0 saturated heterocycles. The molecule has 1 amide bonds. The number of benzene rings is 2. The summed E-state index contributed by atoms with van der Waals surface area (Å²) in [6.07, 6.45) is 0. The number of amides is 1. The van der Waals surface area contributed by atoms with Gasteiger partial charge in [0, 0.05) is 23.9 Å². The highest BCUT2D eigenvalue weighted by Crippen LogP contribution is 2.19. The van der Waals surface area contributed by atoms with Crippen LogP contribution in [0.3, 0.4) is 0 Å². The molecule has 0 spiro atoms. The number of sulfonamides is 1. The molecule has 2 N–H and O–H groups in total. The van der Waals surface area contributed by atoms with Crippen LogP contribution in [0.1, 0.15) is 24.2 Å². The topological polar surface area (TPSA) is 92.3 Å². The Morgan fingerprint density at radius 2 is 1.52 bits per heavy atom. The first-order valence-electron chi connectivity index (χ1n) is 6.79. The fourth-order valence-electron chi connectivity index (χ4n) is 1.92. The van der Waals surface area contributed by atoms with E-state index in [1.165, 1.54) is 44.2 Å². The monoisotopic (exact) mass is 332 g/mol. The lowest BCUT2D eigenvalue weighted by Gasteiger charge is -2.10. The van der Waals surface area contributed by atoms with Gasteiger partial charge in [-0.2, -0.15) is 0 Å². The molecule has 0 bridgehead atoms. The fraction of sp³-hybridized carbons (Fsp3) is 0.125. The number of carbonyl (C=O) groups excluding carboxylic acids is 2. The highest BCUT2D eigenvalue weighted by molar-refractivity contribution is 7.92. The lowest BCUT2D eigenvalue weighted by Crippen LogP contribution is -2.13. The maximum absolute atomic E-state index is 12.3. The van der Waals surface area contributed by atoms with Gasteiger partial charge in [-0.3, -0.25) is 14.3 Å². The Labute approximate surface area is 134 Å². The van der Waals surface area contributed by atoms with E-state index in [1.54, 1.807) is 18.2 Å². The molecule has 0 aliphatic carbocycles. The van der Waals surface area contributed by atoms with Crippen LogP contribution in [-0.2, 0) is 14.8 Å². The van der Waals surface area contributed by atoms with Crippen LogP contribution < -0.4 is 10.0 Å². The zero-order valence-corrected chi connectivity index (χ0v) is 13.5. The maximum atomic E-state index is 12.3. The summed E-state index contributed by atoms with van der Waals surface area (Å²) in [5.41, 5.74) is 1.25. The molecule has 7 heteroatoms. The van der Waals surface area contributed by atoms with Crippen molar-refractivity contribution in [1.82, 2.24) is 0 Å². The van der Waals surface area contributed by atoms with Crippen molar-refractivity contribution in [1.29, 1.82) is 0 Å². The van der Waals surface area contributed by atoms with Crippen molar-refractivity contribution in [3.63, 3.8) is 0 Å². The molecule has 2 aromatic carbocycles. The second kappa shape index (κ2) is 6.62. The summed E-state index contributed by atoms with van der Waals surface area (Å²) in [6, 6.07) is 12.1. The summed E-state index contributed by atoms with van der Waals surface area (Å²) in [4.78, 5) is 22.3. The molecular formula is C16H16N2O4S. The first kappa shape index (κ1) is 16.7. The molecule has 0 aromatic heterocycles. The van der Waals surface area contributed by atoms with E-state index >= 15 is 0 Å². The van der Waals surface area contributed by atoms with Crippen LogP contribution in [0.2, 0.25) is 0 Å². The number of anilines is 2. The Kier molecular flexibility index (Phi) is 4.80. The SMILES string of the molecule is CC(=O)Nc1ccc(NS(=O)(=O)c2cccc(C(C)=O)c2)cc1. The minimum atomic E-state index is -3.79. The van der Waals surface area contributed by atoms with Gasteiger partial charge in [-0.05, 0) is 43.3 Å². The molecule has 6 nitrogen and oxygen atoms in total. The summed E-state index contributed by atoms with van der Waals surface area (Å²) >= 11 is 0. The van der Waals surface area contributed by atoms with E-state index in [0.717, 1.165) is 0 Å². The summed E-state index contributed by atoms with van der Waals surface area (Å²) in [5, 5.41) is 2.59. The predicted molar refractivity (Wildman–Crippen MR) is 88.0 cm³/mol. The number of nitrogens with one attached hydrogen (secondary N) is 2. The number of carbonyl (C=O) groups is 2. The molecule has 0 heterocycles. The van der Waals surface area contributed by atoms with E-state index in [2.05, 4.69) is 10.0 Å². The molecule has 23 heavy (non-hydrogen) atoms. The van der Waals surface area contributed by atoms with Crippen molar-refractivity contribution in [2.75, 3.05) is 10.0 Å². The van der Waals surface area contributed by atoms with Crippen LogP contribution in [-0.4, -0.2) is 20.1 Å². The molecule has 0 saturated carbocycles. The van der Waals surface area contributed by atoms with Gasteiger partial charge in [0.1, 0.15) is 0 Å². The summed E-state index contributed by atoms with van der Waals surface area (Å²) in [5.74, 6) is -0.416. The minimum Gasteiger partial charge on any atom is -0.326 e. The van der Waals surface area contributed by atoms with Crippen LogP contribution >= 0.6 is 0 Å². The third kappa shape index (κ3) is 4.40. The summed E-state index contributed by atoms with van der Waals surface area (Å²) < 4.78 is 27.1. The molecule has 0 atom stereocenters. The first-order chi connectivity index (χ1) is 10.8. The third-order valence-electron chi connectivity index (χ3n) is 3.01. The average Bonchev–Trinajstić information content (AvgIpc) is 2.48. The zero-order chi connectivity index (χ0) is 17.0. The van der Waals surface area contributed by atoms with E-state index in [1.807, 2.05) is 0 Å². The number of rotatable bonds is 5. The van der Waals surface area contributed by atoms with Crippen molar-refractivity contribution in [3.8, 4) is 0 Å². The van der Waals surface area contributed by atoms with Gasteiger partial charge in [0.15, 0.2) is 5.78 Å². The lowest BCUT2D eigenvalue weighted by molar-refractivity contribution is -0.114. The normalized spacial score (nSPS) is 10.9. The predicted octanol–water partition coefficient (Wildman–Crippen LogP) is 2.65. The van der Waals surface area contributed by atoms with Gasteiger partial charge in [-0.25, -0.2) is 8.42 Å². The number of hydrogen-bond acceptors (Lipinski definition) is 4. The summed E-state index contributed by atoms with van der Waals surface area (Å²) in [7, 11) is -3.79. The quantitative estimate of drug-likeness (QED) is 0.823. The van der Waals surface area contributed by atoms with Gasteiger partial charge in [-0.1, -0.05) is 12.1 Å². The van der Waals surface area contributed by atoms with Crippen LogP contribution in [0.4, 0.5) is 11.4 Å². The smallest absolute Gasteiger partial charge is 0.261 e. The maximum Gasteiger partial charge on any atom is 0.261 e. The Balaban J connectivity index is 2.22. The number of Topliss-reactive ketones (excluding diaryl/α,β-unsaturated/α-hetero) is 1. The molecule has 2 rings (SSSR count). The highest BCUT2D eigenvalue weighted by Gasteiger charge is 2.15. The van der Waals surface area contributed by atoms with E-state index in [9.17, 15) is 18.0 Å². The zero-order valence-electron chi connectivity index (χ0n) is 12.7. The van der Waals surface area contributed by atoms with Gasteiger partial charge >= 0.3 is 0 Å². The number of hydrogen-bond donors (Lipinski definition) is 2. The second-order valence-electron chi connectivity index (χ2n) is 4.95. The average molecular weight is 332 g/mol. The van der Waals surface area contributed by atoms with Gasteiger partial charge in [-0.15, -0.1) is 0 Å². The molecular weight excluding hydrogens is 316 g/mol. The van der Waals surface area contributed by atoms with E-state index < -0.39 is 10.0 Å². The van der Waals surface area contributed by atoms with Crippen molar-refractivity contribution in [3.05, 3.63) is 54.1 Å². The van der Waals surface area contributed by atoms with Gasteiger partial charge in [0.05, 0.1) is 4.90 Å². The van der Waals surface area contributed by atoms with Crippen molar-refractivity contribution in [2.24, 2.45) is 0 Å². The van der Waals surface area contributed by atoms with E-state index in [-0.39, 0.29) is 16.6 Å². The molecule has 0 aliphatic heterocycles. The van der Waals surface area contributed by atoms with E-state index in [0.29, 0.717) is 16.9 Å². The van der Waals surface area contributed by atoms with Crippen molar-refractivity contribution >= 4 is 33.1 Å². The Bertz CT molecular complexity index is 843. The fourth-order valence-corrected chi connectivity index (χ4v) is 3.03. The van der Waals surface area contributed by atoms with Gasteiger partial charge in [0.25, 0.3) is 10.0 Å². The van der Waals surface area contributed by atoms with Crippen LogP contribution in [0.15, 0.2) is 53.4 Å². The third-order valence-corrected chi connectivity index (χ3v) is 4.39. The molecule has 0 fully saturated rings. The largest absolute Gasteiger partial charge is 0.326 e. The first-order valence-corrected chi connectivity index (χ1v) is 8.28. The second-order valence-corrected chi connectivity index (χ2v) is 6.63. The van der Waals surface area contributed by atoms with Crippen LogP contribution in [0.5, 0.6) is 0 Å². The Hall–Kier alpha value is -2.67. The Morgan fingerprint density at radius 1 is 0.913 bits per heavy atom. The van der Waals surface area contributed by atoms with Crippen LogP contribution in [0, 0.1) is 0 Å². The lowest BCUT2D eigenvalue weighted by atomic mass is 10.2. The van der Waals surface area contributed by atoms with Gasteiger partial charge < -0.3 is 5.32 Å². The van der Waals surface area contributed by atoms with Gasteiger partial charge in [0.2, 0.25) is 5.91 Å².